The second-order valence-electron chi connectivity index (χ2n) is 6.08. The normalized spacial score (nSPS) is 18.4. The minimum absolute atomic E-state index is 0.129. The van der Waals surface area contributed by atoms with E-state index in [4.69, 9.17) is 4.52 Å². The van der Waals surface area contributed by atoms with Crippen LogP contribution in [0.25, 0.3) is 0 Å². The molecule has 1 aromatic heterocycles. The van der Waals surface area contributed by atoms with Gasteiger partial charge in [-0.05, 0) is 13.3 Å². The number of aryl methyl sites for hydroxylation is 1. The van der Waals surface area contributed by atoms with Gasteiger partial charge in [0, 0.05) is 46.7 Å². The summed E-state index contributed by atoms with van der Waals surface area (Å²) in [4.78, 5) is 22.4. The van der Waals surface area contributed by atoms with E-state index in [0.29, 0.717) is 12.4 Å². The first-order valence-electron chi connectivity index (χ1n) is 8.00. The summed E-state index contributed by atoms with van der Waals surface area (Å²) in [6.45, 7) is 8.30. The van der Waals surface area contributed by atoms with Crippen molar-refractivity contribution in [2.45, 2.75) is 32.7 Å². The molecule has 1 saturated heterocycles. The standard InChI is InChI=1S/C15H27N5O2/c1-5-6-13-16-15(22-17-13)12(2)20-9-7-19(8-10-20)11-14(21)18(3)4/h12H,5-11H2,1-4H3/t12-/m1/s1. The van der Waals surface area contributed by atoms with Gasteiger partial charge in [-0.15, -0.1) is 0 Å². The molecule has 0 aliphatic carbocycles. The van der Waals surface area contributed by atoms with Crippen molar-refractivity contribution >= 4 is 5.91 Å². The maximum atomic E-state index is 11.7. The molecule has 7 heteroatoms. The molecule has 124 valence electrons. The van der Waals surface area contributed by atoms with Gasteiger partial charge in [-0.1, -0.05) is 12.1 Å². The van der Waals surface area contributed by atoms with Crippen LogP contribution >= 0.6 is 0 Å². The Balaban J connectivity index is 1.83. The van der Waals surface area contributed by atoms with Crippen LogP contribution in [0.4, 0.5) is 0 Å². The zero-order chi connectivity index (χ0) is 16.1. The fourth-order valence-electron chi connectivity index (χ4n) is 2.56. The quantitative estimate of drug-likeness (QED) is 0.774. The first kappa shape index (κ1) is 16.9. The summed E-state index contributed by atoms with van der Waals surface area (Å²) in [5.41, 5.74) is 0. The number of piperazine rings is 1. The monoisotopic (exact) mass is 309 g/mol. The van der Waals surface area contributed by atoms with Gasteiger partial charge >= 0.3 is 0 Å². The Morgan fingerprint density at radius 2 is 2.00 bits per heavy atom. The number of carbonyl (C=O) groups excluding carboxylic acids is 1. The van der Waals surface area contributed by atoms with E-state index in [-0.39, 0.29) is 11.9 Å². The second-order valence-corrected chi connectivity index (χ2v) is 6.08. The van der Waals surface area contributed by atoms with Crippen molar-refractivity contribution in [2.24, 2.45) is 0 Å². The van der Waals surface area contributed by atoms with Crippen molar-refractivity contribution in [3.63, 3.8) is 0 Å². The highest BCUT2D eigenvalue weighted by atomic mass is 16.5. The van der Waals surface area contributed by atoms with Gasteiger partial charge in [0.25, 0.3) is 0 Å². The average molecular weight is 309 g/mol. The van der Waals surface area contributed by atoms with E-state index >= 15 is 0 Å². The van der Waals surface area contributed by atoms with Crippen LogP contribution in [0.15, 0.2) is 4.52 Å². The number of hydrogen-bond donors (Lipinski definition) is 0. The molecule has 0 saturated carbocycles. The van der Waals surface area contributed by atoms with E-state index in [2.05, 4.69) is 33.8 Å². The Bertz CT molecular complexity index is 480. The van der Waals surface area contributed by atoms with E-state index in [0.717, 1.165) is 44.8 Å². The highest BCUT2D eigenvalue weighted by molar-refractivity contribution is 5.77. The summed E-state index contributed by atoms with van der Waals surface area (Å²) in [6.07, 6.45) is 1.88. The molecule has 1 atom stereocenters. The zero-order valence-electron chi connectivity index (χ0n) is 14.1. The van der Waals surface area contributed by atoms with Crippen molar-refractivity contribution in [3.05, 3.63) is 11.7 Å². The predicted molar refractivity (Wildman–Crippen MR) is 83.4 cm³/mol. The average Bonchev–Trinajstić information content (AvgIpc) is 2.96. The number of aromatic nitrogens is 2. The summed E-state index contributed by atoms with van der Waals surface area (Å²) < 4.78 is 5.38. The maximum Gasteiger partial charge on any atom is 0.243 e. The van der Waals surface area contributed by atoms with E-state index in [1.165, 1.54) is 0 Å². The molecule has 0 radical (unpaired) electrons. The van der Waals surface area contributed by atoms with Gasteiger partial charge in [0.05, 0.1) is 12.6 Å². The van der Waals surface area contributed by atoms with Crippen molar-refractivity contribution < 1.29 is 9.32 Å². The number of likely N-dealkylation sites (N-methyl/N-ethyl adjacent to an activating group) is 1. The summed E-state index contributed by atoms with van der Waals surface area (Å²) in [6, 6.07) is 0.129. The van der Waals surface area contributed by atoms with Gasteiger partial charge in [-0.2, -0.15) is 4.98 Å². The van der Waals surface area contributed by atoms with Gasteiger partial charge < -0.3 is 9.42 Å². The largest absolute Gasteiger partial charge is 0.348 e. The summed E-state index contributed by atoms with van der Waals surface area (Å²) >= 11 is 0. The van der Waals surface area contributed by atoms with Gasteiger partial charge in [0.1, 0.15) is 0 Å². The second kappa shape index (κ2) is 7.69. The fraction of sp³-hybridized carbons (Fsp3) is 0.800. The third-order valence-electron chi connectivity index (χ3n) is 4.13. The van der Waals surface area contributed by atoms with Crippen LogP contribution in [-0.2, 0) is 11.2 Å². The van der Waals surface area contributed by atoms with Crippen LogP contribution in [0, 0.1) is 0 Å². The third-order valence-corrected chi connectivity index (χ3v) is 4.13. The highest BCUT2D eigenvalue weighted by Crippen LogP contribution is 2.20. The molecule has 0 spiro atoms. The first-order chi connectivity index (χ1) is 10.5. The number of amides is 1. The minimum atomic E-state index is 0.129. The zero-order valence-corrected chi connectivity index (χ0v) is 14.1. The first-order valence-corrected chi connectivity index (χ1v) is 8.00. The topological polar surface area (TPSA) is 65.7 Å². The van der Waals surface area contributed by atoms with Gasteiger partial charge in [-0.25, -0.2) is 0 Å². The van der Waals surface area contributed by atoms with Crippen molar-refractivity contribution in [3.8, 4) is 0 Å². The lowest BCUT2D eigenvalue weighted by atomic mass is 10.2. The molecule has 22 heavy (non-hydrogen) atoms. The van der Waals surface area contributed by atoms with Crippen LogP contribution in [0.1, 0.15) is 38.0 Å². The molecule has 0 aromatic carbocycles. The molecule has 1 aliphatic heterocycles. The lowest BCUT2D eigenvalue weighted by Gasteiger charge is -2.36. The van der Waals surface area contributed by atoms with Crippen LogP contribution in [0.2, 0.25) is 0 Å². The van der Waals surface area contributed by atoms with E-state index in [1.807, 2.05) is 0 Å². The van der Waals surface area contributed by atoms with Crippen molar-refractivity contribution in [2.75, 3.05) is 46.8 Å². The van der Waals surface area contributed by atoms with Crippen molar-refractivity contribution in [1.82, 2.24) is 24.8 Å². The van der Waals surface area contributed by atoms with E-state index in [9.17, 15) is 4.79 Å². The number of carbonyl (C=O) groups is 1. The maximum absolute atomic E-state index is 11.7. The highest BCUT2D eigenvalue weighted by Gasteiger charge is 2.26. The molecule has 0 unspecified atom stereocenters. The molecule has 2 heterocycles. The molecule has 2 rings (SSSR count). The molecular weight excluding hydrogens is 282 g/mol. The Labute approximate surface area is 132 Å². The third kappa shape index (κ3) is 4.27. The van der Waals surface area contributed by atoms with Gasteiger partial charge in [0.2, 0.25) is 11.8 Å². The molecule has 1 aliphatic rings. The summed E-state index contributed by atoms with van der Waals surface area (Å²) in [5.74, 6) is 1.64. The smallest absolute Gasteiger partial charge is 0.243 e. The SMILES string of the molecule is CCCc1noc([C@@H](C)N2CCN(CC(=O)N(C)C)CC2)n1. The number of nitrogens with zero attached hydrogens (tertiary/aromatic N) is 5. The molecular formula is C15H27N5O2. The predicted octanol–water partition coefficient (Wildman–Crippen LogP) is 0.789. The lowest BCUT2D eigenvalue weighted by Crippen LogP contribution is -2.49. The molecule has 7 nitrogen and oxygen atoms in total. The summed E-state index contributed by atoms with van der Waals surface area (Å²) in [5, 5.41) is 4.02. The summed E-state index contributed by atoms with van der Waals surface area (Å²) in [7, 11) is 3.59. The van der Waals surface area contributed by atoms with Gasteiger partial charge in [-0.3, -0.25) is 14.6 Å². The molecule has 0 N–H and O–H groups in total. The Morgan fingerprint density at radius 3 is 2.59 bits per heavy atom. The van der Waals surface area contributed by atoms with Crippen LogP contribution in [0.3, 0.4) is 0 Å². The molecule has 0 bridgehead atoms. The van der Waals surface area contributed by atoms with Crippen LogP contribution in [0.5, 0.6) is 0 Å². The molecule has 1 fully saturated rings. The minimum Gasteiger partial charge on any atom is -0.348 e. The Hall–Kier alpha value is -1.47. The Morgan fingerprint density at radius 1 is 1.32 bits per heavy atom. The van der Waals surface area contributed by atoms with E-state index < -0.39 is 0 Å². The van der Waals surface area contributed by atoms with Crippen molar-refractivity contribution in [1.29, 1.82) is 0 Å². The molecule has 1 aromatic rings. The lowest BCUT2D eigenvalue weighted by molar-refractivity contribution is -0.130. The fourth-order valence-corrected chi connectivity index (χ4v) is 2.56. The number of hydrogen-bond acceptors (Lipinski definition) is 6. The van der Waals surface area contributed by atoms with E-state index in [1.54, 1.807) is 19.0 Å². The molecule has 1 amide bonds. The van der Waals surface area contributed by atoms with Crippen LogP contribution < -0.4 is 0 Å². The Kier molecular flexibility index (Phi) is 5.90. The van der Waals surface area contributed by atoms with Gasteiger partial charge in [0.15, 0.2) is 5.82 Å². The number of rotatable bonds is 6. The van der Waals surface area contributed by atoms with Crippen LogP contribution in [-0.4, -0.2) is 77.6 Å².